The van der Waals surface area contributed by atoms with E-state index in [9.17, 15) is 4.79 Å². The number of ether oxygens (including phenoxy) is 1. The van der Waals surface area contributed by atoms with E-state index in [1.807, 2.05) is 17.0 Å². The monoisotopic (exact) mass is 312 g/mol. The standard InChI is InChI=1S/C13H17BrN2O2/c1-18-12-4-2-11(3-5-12)15-6-8-16(9-7-15)13(17)10-14/h2-5H,6-10H2,1H3. The number of carbonyl (C=O) groups is 1. The van der Waals surface area contributed by atoms with Gasteiger partial charge in [-0.25, -0.2) is 0 Å². The Balaban J connectivity index is 1.94. The second-order valence-electron chi connectivity index (χ2n) is 4.20. The highest BCUT2D eigenvalue weighted by Crippen LogP contribution is 2.20. The Labute approximate surface area is 116 Å². The van der Waals surface area contributed by atoms with Crippen molar-refractivity contribution in [3.8, 4) is 5.75 Å². The third kappa shape index (κ3) is 2.96. The van der Waals surface area contributed by atoms with Gasteiger partial charge in [0.1, 0.15) is 5.75 Å². The summed E-state index contributed by atoms with van der Waals surface area (Å²) >= 11 is 3.21. The van der Waals surface area contributed by atoms with E-state index in [-0.39, 0.29) is 5.91 Å². The van der Waals surface area contributed by atoms with Crippen LogP contribution in [-0.2, 0) is 4.79 Å². The summed E-state index contributed by atoms with van der Waals surface area (Å²) in [6, 6.07) is 8.04. The first-order valence-electron chi connectivity index (χ1n) is 5.97. The highest BCUT2D eigenvalue weighted by Gasteiger charge is 2.20. The van der Waals surface area contributed by atoms with E-state index in [2.05, 4.69) is 33.0 Å². The Morgan fingerprint density at radius 2 is 1.83 bits per heavy atom. The fraction of sp³-hybridized carbons (Fsp3) is 0.462. The first-order chi connectivity index (χ1) is 8.74. The van der Waals surface area contributed by atoms with Crippen LogP contribution in [0.4, 0.5) is 5.69 Å². The highest BCUT2D eigenvalue weighted by atomic mass is 79.9. The Bertz CT molecular complexity index is 400. The molecule has 1 saturated heterocycles. The van der Waals surface area contributed by atoms with E-state index >= 15 is 0 Å². The van der Waals surface area contributed by atoms with Crippen molar-refractivity contribution >= 4 is 27.5 Å². The number of alkyl halides is 1. The molecule has 1 amide bonds. The fourth-order valence-corrected chi connectivity index (χ4v) is 2.45. The molecule has 0 spiro atoms. The number of hydrogen-bond acceptors (Lipinski definition) is 3. The molecule has 18 heavy (non-hydrogen) atoms. The van der Waals surface area contributed by atoms with Gasteiger partial charge in [-0.05, 0) is 24.3 Å². The molecule has 0 aliphatic carbocycles. The van der Waals surface area contributed by atoms with Crippen molar-refractivity contribution in [1.82, 2.24) is 4.90 Å². The van der Waals surface area contributed by atoms with E-state index in [0.717, 1.165) is 31.9 Å². The molecule has 0 saturated carbocycles. The van der Waals surface area contributed by atoms with Crippen molar-refractivity contribution in [2.24, 2.45) is 0 Å². The topological polar surface area (TPSA) is 32.8 Å². The lowest BCUT2D eigenvalue weighted by molar-refractivity contribution is -0.128. The molecule has 1 aliphatic heterocycles. The number of rotatable bonds is 3. The summed E-state index contributed by atoms with van der Waals surface area (Å²) in [5.41, 5.74) is 1.18. The van der Waals surface area contributed by atoms with Crippen LogP contribution < -0.4 is 9.64 Å². The van der Waals surface area contributed by atoms with Crippen LogP contribution in [0, 0.1) is 0 Å². The highest BCUT2D eigenvalue weighted by molar-refractivity contribution is 9.09. The Morgan fingerprint density at radius 1 is 1.22 bits per heavy atom. The Hall–Kier alpha value is -1.23. The molecule has 2 rings (SSSR count). The second kappa shape index (κ2) is 6.09. The number of carbonyl (C=O) groups excluding carboxylic acids is 1. The quantitative estimate of drug-likeness (QED) is 0.797. The number of methoxy groups -OCH3 is 1. The van der Waals surface area contributed by atoms with Crippen LogP contribution in [0.5, 0.6) is 5.75 Å². The molecule has 1 aromatic rings. The minimum absolute atomic E-state index is 0.171. The zero-order valence-corrected chi connectivity index (χ0v) is 12.0. The van der Waals surface area contributed by atoms with Crippen LogP contribution in [-0.4, -0.2) is 49.4 Å². The summed E-state index contributed by atoms with van der Waals surface area (Å²) in [5, 5.41) is 0.412. The number of piperazine rings is 1. The maximum Gasteiger partial charge on any atom is 0.233 e. The number of halogens is 1. The molecule has 1 aromatic carbocycles. The number of anilines is 1. The summed E-state index contributed by atoms with van der Waals surface area (Å²) in [5.74, 6) is 1.04. The zero-order chi connectivity index (χ0) is 13.0. The van der Waals surface area contributed by atoms with Crippen LogP contribution in [0.15, 0.2) is 24.3 Å². The Morgan fingerprint density at radius 3 is 2.33 bits per heavy atom. The number of hydrogen-bond donors (Lipinski definition) is 0. The van der Waals surface area contributed by atoms with Gasteiger partial charge in [0, 0.05) is 31.9 Å². The third-order valence-electron chi connectivity index (χ3n) is 3.18. The molecule has 0 aromatic heterocycles. The average Bonchev–Trinajstić information content (AvgIpc) is 2.47. The van der Waals surface area contributed by atoms with Gasteiger partial charge in [0.05, 0.1) is 12.4 Å². The Kier molecular flexibility index (Phi) is 4.47. The lowest BCUT2D eigenvalue weighted by atomic mass is 10.2. The van der Waals surface area contributed by atoms with Gasteiger partial charge >= 0.3 is 0 Å². The van der Waals surface area contributed by atoms with Gasteiger partial charge in [0.15, 0.2) is 0 Å². The van der Waals surface area contributed by atoms with Gasteiger partial charge in [-0.3, -0.25) is 4.79 Å². The first kappa shape index (κ1) is 13.2. The molecule has 0 radical (unpaired) electrons. The molecule has 1 aliphatic rings. The third-order valence-corrected chi connectivity index (χ3v) is 3.66. The molecule has 4 nitrogen and oxygen atoms in total. The van der Waals surface area contributed by atoms with E-state index < -0.39 is 0 Å². The average molecular weight is 313 g/mol. The molecular weight excluding hydrogens is 296 g/mol. The molecule has 0 N–H and O–H groups in total. The summed E-state index contributed by atoms with van der Waals surface area (Å²) < 4.78 is 5.14. The predicted octanol–water partition coefficient (Wildman–Crippen LogP) is 1.74. The van der Waals surface area contributed by atoms with E-state index in [1.54, 1.807) is 7.11 Å². The first-order valence-corrected chi connectivity index (χ1v) is 7.09. The van der Waals surface area contributed by atoms with Gasteiger partial charge in [0.25, 0.3) is 0 Å². The SMILES string of the molecule is COc1ccc(N2CCN(C(=O)CBr)CC2)cc1. The molecule has 0 unspecified atom stereocenters. The summed E-state index contributed by atoms with van der Waals surface area (Å²) in [6.07, 6.45) is 0. The lowest BCUT2D eigenvalue weighted by Crippen LogP contribution is -2.49. The van der Waals surface area contributed by atoms with Crippen molar-refractivity contribution in [2.75, 3.05) is 43.5 Å². The molecule has 0 bridgehead atoms. The van der Waals surface area contributed by atoms with Gasteiger partial charge in [0.2, 0.25) is 5.91 Å². The smallest absolute Gasteiger partial charge is 0.233 e. The van der Waals surface area contributed by atoms with Crippen molar-refractivity contribution in [1.29, 1.82) is 0 Å². The predicted molar refractivity (Wildman–Crippen MR) is 75.6 cm³/mol. The van der Waals surface area contributed by atoms with E-state index in [0.29, 0.717) is 5.33 Å². The lowest BCUT2D eigenvalue weighted by Gasteiger charge is -2.36. The number of benzene rings is 1. The molecule has 0 atom stereocenters. The van der Waals surface area contributed by atoms with Crippen LogP contribution >= 0.6 is 15.9 Å². The van der Waals surface area contributed by atoms with Gasteiger partial charge in [-0.15, -0.1) is 0 Å². The maximum atomic E-state index is 11.5. The fourth-order valence-electron chi connectivity index (χ4n) is 2.09. The summed E-state index contributed by atoms with van der Waals surface area (Å²) in [6.45, 7) is 3.34. The second-order valence-corrected chi connectivity index (χ2v) is 4.76. The minimum Gasteiger partial charge on any atom is -0.497 e. The van der Waals surface area contributed by atoms with Crippen LogP contribution in [0.3, 0.4) is 0 Å². The van der Waals surface area contributed by atoms with E-state index in [4.69, 9.17) is 4.74 Å². The minimum atomic E-state index is 0.171. The van der Waals surface area contributed by atoms with Gasteiger partial charge < -0.3 is 14.5 Å². The summed E-state index contributed by atoms with van der Waals surface area (Å²) in [4.78, 5) is 15.7. The van der Waals surface area contributed by atoms with Crippen LogP contribution in [0.1, 0.15) is 0 Å². The van der Waals surface area contributed by atoms with Crippen molar-refractivity contribution in [3.05, 3.63) is 24.3 Å². The van der Waals surface area contributed by atoms with Crippen molar-refractivity contribution in [3.63, 3.8) is 0 Å². The van der Waals surface area contributed by atoms with Crippen molar-refractivity contribution in [2.45, 2.75) is 0 Å². The zero-order valence-electron chi connectivity index (χ0n) is 10.4. The molecular formula is C13H17BrN2O2. The van der Waals surface area contributed by atoms with Crippen LogP contribution in [0.25, 0.3) is 0 Å². The maximum absolute atomic E-state index is 11.5. The largest absolute Gasteiger partial charge is 0.497 e. The van der Waals surface area contributed by atoms with Crippen molar-refractivity contribution < 1.29 is 9.53 Å². The molecule has 5 heteroatoms. The van der Waals surface area contributed by atoms with Crippen LogP contribution in [0.2, 0.25) is 0 Å². The van der Waals surface area contributed by atoms with Gasteiger partial charge in [-0.2, -0.15) is 0 Å². The molecule has 98 valence electrons. The van der Waals surface area contributed by atoms with E-state index in [1.165, 1.54) is 5.69 Å². The number of nitrogens with zero attached hydrogens (tertiary/aromatic N) is 2. The normalized spacial score (nSPS) is 15.7. The summed E-state index contributed by atoms with van der Waals surface area (Å²) in [7, 11) is 1.67. The molecule has 1 fully saturated rings. The molecule has 1 heterocycles. The number of amides is 1. The van der Waals surface area contributed by atoms with Gasteiger partial charge in [-0.1, -0.05) is 15.9 Å².